The Bertz CT molecular complexity index is 1870. The Kier molecular flexibility index (Phi) is 10.5. The van der Waals surface area contributed by atoms with Gasteiger partial charge in [0, 0.05) is 53.3 Å². The smallest absolute Gasteiger partial charge is 0.411 e. The molecule has 3 fully saturated rings. The highest BCUT2D eigenvalue weighted by atomic mass is 32.2. The van der Waals surface area contributed by atoms with Crippen molar-refractivity contribution in [2.75, 3.05) is 13.2 Å². The van der Waals surface area contributed by atoms with Crippen molar-refractivity contribution in [3.05, 3.63) is 90.5 Å². The van der Waals surface area contributed by atoms with Gasteiger partial charge in [0.25, 0.3) is 17.3 Å². The minimum atomic E-state index is -1.78. The lowest BCUT2D eigenvalue weighted by Gasteiger charge is -2.46. The highest BCUT2D eigenvalue weighted by Gasteiger charge is 2.61. The van der Waals surface area contributed by atoms with Crippen LogP contribution < -0.4 is 10.8 Å². The number of carbonyl (C=O) groups is 5. The summed E-state index contributed by atoms with van der Waals surface area (Å²) < 4.78 is 11.1. The summed E-state index contributed by atoms with van der Waals surface area (Å²) in [6.45, 7) is 2.44. The number of aldehydes is 1. The van der Waals surface area contributed by atoms with Gasteiger partial charge in [-0.2, -0.15) is 0 Å². The number of hydrogen-bond acceptors (Lipinski definition) is 15. The lowest BCUT2D eigenvalue weighted by atomic mass is 9.79. The number of hydrogen-bond donors (Lipinski definition) is 3. The van der Waals surface area contributed by atoms with Crippen LogP contribution >= 0.6 is 11.8 Å². The number of esters is 1. The molecule has 0 radical (unpaired) electrons. The van der Waals surface area contributed by atoms with Crippen molar-refractivity contribution in [3.8, 4) is 0 Å². The number of nitrogens with zero attached hydrogens (tertiary/aromatic N) is 4. The Balaban J connectivity index is 1.26. The third-order valence-electron chi connectivity index (χ3n) is 9.61. The lowest BCUT2D eigenvalue weighted by Crippen LogP contribution is -2.63. The number of thioether (sulfide) groups is 1. The van der Waals surface area contributed by atoms with E-state index in [-0.39, 0.29) is 49.9 Å². The average molecular weight is 755 g/mol. The fourth-order valence-electron chi connectivity index (χ4n) is 6.96. The van der Waals surface area contributed by atoms with Crippen LogP contribution in [0, 0.1) is 32.1 Å². The fourth-order valence-corrected chi connectivity index (χ4v) is 8.52. The van der Waals surface area contributed by atoms with Gasteiger partial charge in [-0.25, -0.2) is 15.1 Å². The number of β-lactam (4-membered cyclic amide) rings is 1. The highest BCUT2D eigenvalue weighted by molar-refractivity contribution is 8.03. The molecule has 0 spiro atoms. The first-order valence-corrected chi connectivity index (χ1v) is 17.3. The molecular weight excluding hydrogens is 720 g/mol. The molecule has 2 aromatic carbocycles. The number of aliphatic hydroxyl groups is 1. The number of amides is 3. The van der Waals surface area contributed by atoms with Crippen LogP contribution in [-0.4, -0.2) is 97.2 Å². The number of likely N-dealkylation sites (tertiary alicyclic amines) is 1. The van der Waals surface area contributed by atoms with Crippen LogP contribution in [0.25, 0.3) is 0 Å². The maximum Gasteiger partial charge on any atom is 0.411 e. The van der Waals surface area contributed by atoms with Crippen LogP contribution in [0.3, 0.4) is 0 Å². The molecule has 4 heterocycles. The first-order valence-electron chi connectivity index (χ1n) is 16.4. The molecule has 7 atom stereocenters. The first kappa shape index (κ1) is 37.3. The summed E-state index contributed by atoms with van der Waals surface area (Å²) in [6.07, 6.45) is -1.54. The van der Waals surface area contributed by atoms with Crippen LogP contribution in [0.1, 0.15) is 31.4 Å². The third-order valence-corrected chi connectivity index (χ3v) is 11.1. The monoisotopic (exact) mass is 754 g/mol. The number of rotatable bonds is 13. The van der Waals surface area contributed by atoms with Crippen molar-refractivity contribution in [1.82, 2.24) is 20.6 Å². The number of nitro benzene ring substituents is 2. The number of benzene rings is 2. The number of nitro groups is 2. The van der Waals surface area contributed by atoms with E-state index >= 15 is 0 Å². The summed E-state index contributed by atoms with van der Waals surface area (Å²) >= 11 is 1.15. The van der Waals surface area contributed by atoms with E-state index in [0.29, 0.717) is 22.3 Å². The maximum absolute atomic E-state index is 13.7. The zero-order chi connectivity index (χ0) is 38.2. The van der Waals surface area contributed by atoms with E-state index in [9.17, 15) is 49.3 Å². The van der Waals surface area contributed by atoms with Gasteiger partial charge in [0.1, 0.15) is 25.0 Å². The molecule has 1 unspecified atom stereocenters. The molecule has 19 nitrogen and oxygen atoms in total. The van der Waals surface area contributed by atoms with E-state index in [1.807, 2.05) is 0 Å². The van der Waals surface area contributed by atoms with Crippen molar-refractivity contribution >= 4 is 53.3 Å². The van der Waals surface area contributed by atoms with Crippen molar-refractivity contribution in [2.45, 2.75) is 62.6 Å². The van der Waals surface area contributed by atoms with Crippen molar-refractivity contribution in [3.63, 3.8) is 0 Å². The predicted molar refractivity (Wildman–Crippen MR) is 181 cm³/mol. The first-order chi connectivity index (χ1) is 25.2. The number of nitrogens with one attached hydrogen (secondary N) is 2. The summed E-state index contributed by atoms with van der Waals surface area (Å²) in [6, 6.07) is 9.14. The van der Waals surface area contributed by atoms with E-state index in [1.54, 1.807) is 6.92 Å². The van der Waals surface area contributed by atoms with Gasteiger partial charge in [0.2, 0.25) is 5.91 Å². The molecule has 0 bridgehead atoms. The molecule has 3 saturated heterocycles. The van der Waals surface area contributed by atoms with Gasteiger partial charge in [-0.1, -0.05) is 6.92 Å². The third kappa shape index (κ3) is 7.17. The Hall–Kier alpha value is -5.44. The normalized spacial score (nSPS) is 26.8. The highest BCUT2D eigenvalue weighted by Crippen LogP contribution is 2.53. The number of non-ortho nitro benzene ring substituents is 2. The van der Waals surface area contributed by atoms with Crippen LogP contribution in [0.15, 0.2) is 59.1 Å². The van der Waals surface area contributed by atoms with E-state index in [1.165, 1.54) is 60.4 Å². The van der Waals surface area contributed by atoms with Gasteiger partial charge in [0.15, 0.2) is 11.9 Å². The molecule has 53 heavy (non-hydrogen) atoms. The second kappa shape index (κ2) is 14.9. The van der Waals surface area contributed by atoms with Crippen molar-refractivity contribution < 1.29 is 53.2 Å². The Morgan fingerprint density at radius 2 is 1.66 bits per heavy atom. The Morgan fingerprint density at radius 1 is 1.08 bits per heavy atom. The second-order valence-electron chi connectivity index (χ2n) is 13.0. The second-order valence-corrected chi connectivity index (χ2v) is 14.4. The van der Waals surface area contributed by atoms with E-state index < -0.39 is 74.7 Å². The molecular formula is C33H34N6O13S. The van der Waals surface area contributed by atoms with Gasteiger partial charge >= 0.3 is 12.1 Å². The zero-order valence-electron chi connectivity index (χ0n) is 28.2. The van der Waals surface area contributed by atoms with Crippen LogP contribution in [0.5, 0.6) is 0 Å². The largest absolute Gasteiger partial charge is 0.456 e. The quantitative estimate of drug-likeness (QED) is 0.0865. The van der Waals surface area contributed by atoms with E-state index in [2.05, 4.69) is 10.8 Å². The number of ether oxygens (including phenoxy) is 2. The maximum atomic E-state index is 13.7. The molecule has 0 aromatic heterocycles. The molecule has 2 aromatic rings. The summed E-state index contributed by atoms with van der Waals surface area (Å²) in [7, 11) is 0. The number of carbonyl (C=O) groups excluding carboxylic acids is 5. The molecule has 4 aliphatic rings. The SMILES string of the molecule is C[C@@H](O)[C@H]1C(=O)N2C(C(=O)OCc3ccc([N+](=O)[O-])cc3)=C(S[C@@H]3CN(C(=O)OCc4ccc([N+](=O)[O-])cc4)[C@@](C=O)(NC4CONC4=O)C3)[C@H](C)[C@H]12. The number of hydroxylamine groups is 1. The average Bonchev–Trinajstić information content (AvgIpc) is 3.78. The van der Waals surface area contributed by atoms with Crippen LogP contribution in [-0.2, 0) is 46.7 Å². The van der Waals surface area contributed by atoms with Gasteiger partial charge in [-0.05, 0) is 42.3 Å². The summed E-state index contributed by atoms with van der Waals surface area (Å²) in [5.41, 5.74) is 0.953. The molecule has 6 rings (SSSR count). The minimum Gasteiger partial charge on any atom is -0.456 e. The molecule has 280 valence electrons. The fraction of sp³-hybridized carbons (Fsp3) is 0.424. The topological polar surface area (TPSA) is 250 Å². The minimum absolute atomic E-state index is 0.0521. The van der Waals surface area contributed by atoms with Crippen molar-refractivity contribution in [2.24, 2.45) is 11.8 Å². The Labute approximate surface area is 304 Å². The summed E-state index contributed by atoms with van der Waals surface area (Å²) in [5.74, 6) is -3.18. The van der Waals surface area contributed by atoms with Gasteiger partial charge in [0.05, 0.1) is 34.5 Å². The van der Waals surface area contributed by atoms with Gasteiger partial charge < -0.3 is 19.5 Å². The van der Waals surface area contributed by atoms with Crippen molar-refractivity contribution in [1.29, 1.82) is 0 Å². The number of fused-ring (bicyclic) bond motifs is 1. The summed E-state index contributed by atoms with van der Waals surface area (Å²) in [5, 5.41) is 34.8. The van der Waals surface area contributed by atoms with E-state index in [0.717, 1.165) is 16.7 Å². The summed E-state index contributed by atoms with van der Waals surface area (Å²) in [4.78, 5) is 94.9. The standard InChI is InChI=1S/C33H34N6O13S/c1-17-26-25(18(2)41)30(43)37(26)27(31(44)50-13-19-3-7-21(8-4-19)38(46)47)28(17)53-23-11-33(16-40,34-24-15-52-35-29(24)42)36(12-23)32(45)51-14-20-5-9-22(10-6-20)39(48)49/h3-10,16-18,23-26,34,41H,11-15H2,1-2H3,(H,35,42)/t17-,18-,23+,24?,25-,26-,33+/m1/s1. The lowest BCUT2D eigenvalue weighted by molar-refractivity contribution is -0.385. The van der Waals surface area contributed by atoms with Crippen LogP contribution in [0.4, 0.5) is 16.2 Å². The van der Waals surface area contributed by atoms with Gasteiger partial charge in [-0.3, -0.25) is 49.7 Å². The van der Waals surface area contributed by atoms with Gasteiger partial charge in [-0.15, -0.1) is 11.8 Å². The zero-order valence-corrected chi connectivity index (χ0v) is 29.1. The molecule has 20 heteroatoms. The molecule has 0 saturated carbocycles. The number of aliphatic hydroxyl groups excluding tert-OH is 1. The van der Waals surface area contributed by atoms with E-state index in [4.69, 9.17) is 14.3 Å². The molecule has 4 aliphatic heterocycles. The molecule has 0 aliphatic carbocycles. The Morgan fingerprint density at radius 3 is 2.17 bits per heavy atom. The predicted octanol–water partition coefficient (Wildman–Crippen LogP) is 1.67. The molecule has 3 N–H and O–H groups in total. The molecule has 3 amide bonds. The van der Waals surface area contributed by atoms with Crippen LogP contribution in [0.2, 0.25) is 0 Å².